The lowest BCUT2D eigenvalue weighted by atomic mass is 9.61. The molecule has 0 atom stereocenters. The van der Waals surface area contributed by atoms with E-state index in [0.717, 1.165) is 72.6 Å². The van der Waals surface area contributed by atoms with Crippen LogP contribution in [0.4, 0.5) is 17.1 Å². The van der Waals surface area contributed by atoms with Crippen molar-refractivity contribution in [2.45, 2.75) is 5.41 Å². The third kappa shape index (κ3) is 4.63. The Labute approximate surface area is 334 Å². The van der Waals surface area contributed by atoms with E-state index in [9.17, 15) is 0 Å². The highest BCUT2D eigenvalue weighted by Gasteiger charge is 2.51. The minimum absolute atomic E-state index is 0.539. The molecule has 0 amide bonds. The van der Waals surface area contributed by atoms with Crippen LogP contribution in [0.3, 0.4) is 0 Å². The first-order valence-electron chi connectivity index (χ1n) is 19.5. The number of aromatic nitrogens is 4. The lowest BCUT2D eigenvalue weighted by Gasteiger charge is -2.48. The summed E-state index contributed by atoms with van der Waals surface area (Å²) in [6, 6.07) is 70.2. The molecule has 6 nitrogen and oxygen atoms in total. The van der Waals surface area contributed by atoms with Crippen molar-refractivity contribution < 1.29 is 4.74 Å². The summed E-state index contributed by atoms with van der Waals surface area (Å²) >= 11 is 0. The molecule has 0 fully saturated rings. The number of fused-ring (bicyclic) bond motifs is 11. The Bertz CT molecular complexity index is 3110. The molecular weight excluding hydrogens is 711 g/mol. The Hall–Kier alpha value is -7.83. The zero-order valence-corrected chi connectivity index (χ0v) is 31.2. The molecule has 10 aromatic rings. The van der Waals surface area contributed by atoms with Crippen molar-refractivity contribution in [1.29, 1.82) is 0 Å². The monoisotopic (exact) mass is 743 g/mol. The second-order valence-corrected chi connectivity index (χ2v) is 14.8. The molecular formula is C52H33N5O. The van der Waals surface area contributed by atoms with E-state index in [0.29, 0.717) is 17.6 Å². The van der Waals surface area contributed by atoms with E-state index in [1.807, 2.05) is 60.7 Å². The summed E-state index contributed by atoms with van der Waals surface area (Å²) in [7, 11) is 0. The minimum Gasteiger partial charge on any atom is -0.457 e. The van der Waals surface area contributed by atoms with Crippen LogP contribution in [0.15, 0.2) is 200 Å². The normalized spacial score (nSPS) is 13.4. The molecule has 0 saturated heterocycles. The molecule has 2 aliphatic heterocycles. The van der Waals surface area contributed by atoms with E-state index in [2.05, 4.69) is 149 Å². The lowest BCUT2D eigenvalue weighted by Crippen LogP contribution is -2.39. The Kier molecular flexibility index (Phi) is 7.04. The summed E-state index contributed by atoms with van der Waals surface area (Å²) < 4.78 is 9.22. The Balaban J connectivity index is 1.18. The van der Waals surface area contributed by atoms with Crippen molar-refractivity contribution in [3.8, 4) is 40.2 Å². The van der Waals surface area contributed by atoms with E-state index in [-0.39, 0.29) is 0 Å². The van der Waals surface area contributed by atoms with Crippen LogP contribution in [0.25, 0.3) is 50.5 Å². The van der Waals surface area contributed by atoms with Crippen LogP contribution in [0.2, 0.25) is 0 Å². The van der Waals surface area contributed by atoms with Gasteiger partial charge >= 0.3 is 0 Å². The van der Waals surface area contributed by atoms with Crippen molar-refractivity contribution in [2.24, 2.45) is 0 Å². The Morgan fingerprint density at radius 2 is 0.931 bits per heavy atom. The number of anilines is 3. The van der Waals surface area contributed by atoms with Crippen LogP contribution in [0.5, 0.6) is 11.5 Å². The topological polar surface area (TPSA) is 56.1 Å². The smallest absolute Gasteiger partial charge is 0.238 e. The number of ether oxygens (including phenoxy) is 1. The van der Waals surface area contributed by atoms with Gasteiger partial charge in [-0.05, 0) is 53.6 Å². The summed E-state index contributed by atoms with van der Waals surface area (Å²) in [6.07, 6.45) is 0. The molecule has 0 saturated carbocycles. The average Bonchev–Trinajstić information content (AvgIpc) is 3.62. The zero-order valence-electron chi connectivity index (χ0n) is 31.2. The molecule has 0 radical (unpaired) electrons. The maximum Gasteiger partial charge on any atom is 0.238 e. The van der Waals surface area contributed by atoms with Gasteiger partial charge < -0.3 is 9.64 Å². The van der Waals surface area contributed by atoms with Crippen LogP contribution in [0, 0.1) is 0 Å². The highest BCUT2D eigenvalue weighted by molar-refractivity contribution is 6.10. The van der Waals surface area contributed by atoms with Crippen LogP contribution >= 0.6 is 0 Å². The van der Waals surface area contributed by atoms with Gasteiger partial charge in [0.25, 0.3) is 0 Å². The Morgan fingerprint density at radius 1 is 0.397 bits per heavy atom. The van der Waals surface area contributed by atoms with Gasteiger partial charge in [-0.2, -0.15) is 9.97 Å². The number of para-hydroxylation sites is 5. The van der Waals surface area contributed by atoms with E-state index >= 15 is 0 Å². The molecule has 58 heavy (non-hydrogen) atoms. The molecule has 12 rings (SSSR count). The predicted molar refractivity (Wildman–Crippen MR) is 232 cm³/mol. The van der Waals surface area contributed by atoms with Gasteiger partial charge in [0.2, 0.25) is 5.95 Å². The summed E-state index contributed by atoms with van der Waals surface area (Å²) in [4.78, 5) is 17.8. The van der Waals surface area contributed by atoms with Crippen LogP contribution in [-0.2, 0) is 5.41 Å². The fourth-order valence-corrected chi connectivity index (χ4v) is 9.30. The highest BCUT2D eigenvalue weighted by atomic mass is 16.5. The fraction of sp³-hybridized carbons (Fsp3) is 0.0192. The van der Waals surface area contributed by atoms with Crippen LogP contribution in [-0.4, -0.2) is 19.5 Å². The first-order chi connectivity index (χ1) is 28.8. The van der Waals surface area contributed by atoms with Crippen LogP contribution < -0.4 is 9.64 Å². The zero-order chi connectivity index (χ0) is 38.2. The van der Waals surface area contributed by atoms with Crippen molar-refractivity contribution in [3.05, 3.63) is 222 Å². The molecule has 0 N–H and O–H groups in total. The standard InChI is InChI=1S/C52H33N5O/c1-4-18-34(19-5-1)49-53-50(35-20-6-2-7-21-35)55-51(54-49)57-43-28-14-10-24-37(43)38-32-42-48(33-46(38)57)58-47-31-17-13-27-41(47)52(42)39-25-11-15-29-44(39)56(36-22-8-3-9-23-36)45-30-16-12-26-40(45)52/h1-33H. The summed E-state index contributed by atoms with van der Waals surface area (Å²) in [5, 5.41) is 2.18. The van der Waals surface area contributed by atoms with Gasteiger partial charge in [0.15, 0.2) is 11.6 Å². The largest absolute Gasteiger partial charge is 0.457 e. The number of rotatable bonds is 4. The molecule has 272 valence electrons. The third-order valence-electron chi connectivity index (χ3n) is 11.7. The highest BCUT2D eigenvalue weighted by Crippen LogP contribution is 2.63. The number of benzene rings is 8. The molecule has 0 bridgehead atoms. The van der Waals surface area contributed by atoms with Gasteiger partial charge in [-0.3, -0.25) is 4.57 Å². The molecule has 4 heterocycles. The van der Waals surface area contributed by atoms with Gasteiger partial charge in [0.1, 0.15) is 11.5 Å². The molecule has 8 aromatic carbocycles. The lowest BCUT2D eigenvalue weighted by molar-refractivity contribution is 0.435. The van der Waals surface area contributed by atoms with Gasteiger partial charge in [-0.15, -0.1) is 0 Å². The van der Waals surface area contributed by atoms with Crippen molar-refractivity contribution in [2.75, 3.05) is 4.90 Å². The first-order valence-corrected chi connectivity index (χ1v) is 19.5. The molecule has 2 aromatic heterocycles. The summed E-state index contributed by atoms with van der Waals surface area (Å²) in [6.45, 7) is 0. The van der Waals surface area contributed by atoms with Gasteiger partial charge in [-0.25, -0.2) is 4.98 Å². The first kappa shape index (κ1) is 32.4. The maximum absolute atomic E-state index is 7.05. The van der Waals surface area contributed by atoms with Gasteiger partial charge in [0, 0.05) is 44.8 Å². The summed E-state index contributed by atoms with van der Waals surface area (Å²) in [5.41, 5.74) is 11.0. The predicted octanol–water partition coefficient (Wildman–Crippen LogP) is 12.6. The van der Waals surface area contributed by atoms with E-state index in [1.54, 1.807) is 0 Å². The number of hydrogen-bond donors (Lipinski definition) is 0. The van der Waals surface area contributed by atoms with Crippen LogP contribution in [0.1, 0.15) is 22.3 Å². The quantitative estimate of drug-likeness (QED) is 0.180. The number of hydrogen-bond acceptors (Lipinski definition) is 5. The number of nitrogens with zero attached hydrogens (tertiary/aromatic N) is 5. The minimum atomic E-state index is -0.700. The molecule has 0 unspecified atom stereocenters. The van der Waals surface area contributed by atoms with Crippen molar-refractivity contribution in [1.82, 2.24) is 19.5 Å². The second-order valence-electron chi connectivity index (χ2n) is 14.8. The van der Waals surface area contributed by atoms with Crippen molar-refractivity contribution >= 4 is 38.9 Å². The molecule has 1 spiro atoms. The third-order valence-corrected chi connectivity index (χ3v) is 11.7. The molecule has 2 aliphatic rings. The summed E-state index contributed by atoms with van der Waals surface area (Å²) in [5.74, 6) is 3.37. The van der Waals surface area contributed by atoms with Gasteiger partial charge in [0.05, 0.1) is 27.8 Å². The molecule has 6 heteroatoms. The van der Waals surface area contributed by atoms with Gasteiger partial charge in [-0.1, -0.05) is 152 Å². The average molecular weight is 744 g/mol. The SMILES string of the molecule is c1ccc(-c2nc(-c3ccccc3)nc(-n3c4ccccc4c4cc5c(cc43)Oc3ccccc3C53c4ccccc4N(c4ccccc4)c4ccccc43)n2)cc1. The molecule has 0 aliphatic carbocycles. The Morgan fingerprint density at radius 3 is 1.59 bits per heavy atom. The van der Waals surface area contributed by atoms with E-state index in [1.165, 1.54) is 11.1 Å². The van der Waals surface area contributed by atoms with Crippen molar-refractivity contribution in [3.63, 3.8) is 0 Å². The van der Waals surface area contributed by atoms with E-state index in [4.69, 9.17) is 19.7 Å². The second kappa shape index (κ2) is 12.6. The van der Waals surface area contributed by atoms with E-state index < -0.39 is 5.41 Å². The fourth-order valence-electron chi connectivity index (χ4n) is 9.30. The maximum atomic E-state index is 7.05.